The topological polar surface area (TPSA) is 66.7 Å². The zero-order chi connectivity index (χ0) is 19.0. The standard InChI is InChI=1S/C20H20FN3O3/c1-2-8-23-11-13(10-18(23)25)20(26)24-9-7-17-15(12-24)19(22-27-17)14-5-3-4-6-16(14)21/h2-6,13H,1,7-12H2. The number of fused-ring (bicyclic) bond motifs is 1. The number of rotatable bonds is 4. The molecule has 0 bridgehead atoms. The Balaban J connectivity index is 1.54. The van der Waals surface area contributed by atoms with Gasteiger partial charge in [-0.15, -0.1) is 6.58 Å². The van der Waals surface area contributed by atoms with Crippen molar-refractivity contribution < 1.29 is 18.5 Å². The number of carbonyl (C=O) groups excluding carboxylic acids is 2. The van der Waals surface area contributed by atoms with Gasteiger partial charge in [0.2, 0.25) is 11.8 Å². The molecular formula is C20H20FN3O3. The second kappa shape index (κ2) is 6.98. The minimum atomic E-state index is -0.376. The van der Waals surface area contributed by atoms with Gasteiger partial charge in [0.1, 0.15) is 17.3 Å². The van der Waals surface area contributed by atoms with E-state index in [1.807, 2.05) is 0 Å². The molecule has 140 valence electrons. The lowest BCUT2D eigenvalue weighted by Gasteiger charge is -2.28. The summed E-state index contributed by atoms with van der Waals surface area (Å²) in [5.41, 5.74) is 1.55. The summed E-state index contributed by atoms with van der Waals surface area (Å²) >= 11 is 0. The molecule has 0 N–H and O–H groups in total. The first-order valence-electron chi connectivity index (χ1n) is 8.98. The van der Waals surface area contributed by atoms with Crippen molar-refractivity contribution in [2.45, 2.75) is 19.4 Å². The molecule has 27 heavy (non-hydrogen) atoms. The molecule has 7 heteroatoms. The van der Waals surface area contributed by atoms with Crippen LogP contribution in [0, 0.1) is 11.7 Å². The Kier molecular flexibility index (Phi) is 4.51. The number of aromatic nitrogens is 1. The fourth-order valence-corrected chi connectivity index (χ4v) is 3.79. The Hall–Kier alpha value is -2.96. The monoisotopic (exact) mass is 369 g/mol. The SMILES string of the molecule is C=CCN1CC(C(=O)N2CCc3onc(-c4ccccc4F)c3C2)CC1=O. The summed E-state index contributed by atoms with van der Waals surface area (Å²) < 4.78 is 19.6. The molecular weight excluding hydrogens is 349 g/mol. The van der Waals surface area contributed by atoms with Crippen LogP contribution >= 0.6 is 0 Å². The van der Waals surface area contributed by atoms with E-state index in [-0.39, 0.29) is 30.0 Å². The summed E-state index contributed by atoms with van der Waals surface area (Å²) in [5.74, 6) is -0.119. The molecule has 2 aliphatic heterocycles. The molecule has 1 aromatic heterocycles. The van der Waals surface area contributed by atoms with Crippen molar-refractivity contribution >= 4 is 11.8 Å². The lowest BCUT2D eigenvalue weighted by Crippen LogP contribution is -2.40. The lowest BCUT2D eigenvalue weighted by molar-refractivity contribution is -0.136. The van der Waals surface area contributed by atoms with Crippen molar-refractivity contribution in [1.29, 1.82) is 0 Å². The second-order valence-corrected chi connectivity index (χ2v) is 6.91. The molecule has 4 rings (SSSR count). The molecule has 2 amide bonds. The van der Waals surface area contributed by atoms with Gasteiger partial charge in [-0.05, 0) is 12.1 Å². The van der Waals surface area contributed by atoms with E-state index in [4.69, 9.17) is 4.52 Å². The first kappa shape index (κ1) is 17.5. The van der Waals surface area contributed by atoms with E-state index < -0.39 is 0 Å². The van der Waals surface area contributed by atoms with Gasteiger partial charge in [0, 0.05) is 43.6 Å². The third kappa shape index (κ3) is 3.13. The number of benzene rings is 1. The number of nitrogens with zero attached hydrogens (tertiary/aromatic N) is 3. The van der Waals surface area contributed by atoms with Crippen LogP contribution in [0.1, 0.15) is 17.7 Å². The van der Waals surface area contributed by atoms with Gasteiger partial charge >= 0.3 is 0 Å². The summed E-state index contributed by atoms with van der Waals surface area (Å²) in [6.07, 6.45) is 2.41. The van der Waals surface area contributed by atoms with Crippen LogP contribution in [0.5, 0.6) is 0 Å². The van der Waals surface area contributed by atoms with Crippen LogP contribution in [0.2, 0.25) is 0 Å². The fourth-order valence-electron chi connectivity index (χ4n) is 3.79. The van der Waals surface area contributed by atoms with Crippen LogP contribution in [-0.4, -0.2) is 46.4 Å². The summed E-state index contributed by atoms with van der Waals surface area (Å²) in [6.45, 7) is 5.33. The molecule has 0 saturated carbocycles. The average molecular weight is 369 g/mol. The summed E-state index contributed by atoms with van der Waals surface area (Å²) in [4.78, 5) is 28.3. The van der Waals surface area contributed by atoms with Gasteiger partial charge in [0.15, 0.2) is 0 Å². The number of carbonyl (C=O) groups is 2. The molecule has 0 spiro atoms. The number of hydrogen-bond donors (Lipinski definition) is 0. The van der Waals surface area contributed by atoms with Gasteiger partial charge in [0.05, 0.1) is 12.5 Å². The molecule has 1 unspecified atom stereocenters. The van der Waals surface area contributed by atoms with Crippen LogP contribution in [-0.2, 0) is 22.6 Å². The normalized spacial score (nSPS) is 19.3. The molecule has 1 aromatic carbocycles. The smallest absolute Gasteiger partial charge is 0.228 e. The molecule has 6 nitrogen and oxygen atoms in total. The van der Waals surface area contributed by atoms with Crippen molar-refractivity contribution in [3.8, 4) is 11.3 Å². The minimum absolute atomic E-state index is 0.0250. The van der Waals surface area contributed by atoms with E-state index in [2.05, 4.69) is 11.7 Å². The van der Waals surface area contributed by atoms with E-state index in [0.29, 0.717) is 49.6 Å². The third-order valence-corrected chi connectivity index (χ3v) is 5.18. The average Bonchev–Trinajstić information content (AvgIpc) is 3.25. The maximum atomic E-state index is 14.2. The first-order valence-corrected chi connectivity index (χ1v) is 8.98. The van der Waals surface area contributed by atoms with Crippen molar-refractivity contribution in [3.63, 3.8) is 0 Å². The summed E-state index contributed by atoms with van der Waals surface area (Å²) in [5, 5.41) is 4.04. The number of likely N-dealkylation sites (tertiary alicyclic amines) is 1. The highest BCUT2D eigenvalue weighted by Crippen LogP contribution is 2.32. The summed E-state index contributed by atoms with van der Waals surface area (Å²) in [7, 11) is 0. The third-order valence-electron chi connectivity index (χ3n) is 5.18. The molecule has 3 heterocycles. The largest absolute Gasteiger partial charge is 0.360 e. The zero-order valence-electron chi connectivity index (χ0n) is 14.9. The van der Waals surface area contributed by atoms with Gasteiger partial charge < -0.3 is 14.3 Å². The highest BCUT2D eigenvalue weighted by Gasteiger charge is 2.38. The molecule has 1 saturated heterocycles. The maximum Gasteiger partial charge on any atom is 0.228 e. The Bertz CT molecular complexity index is 908. The van der Waals surface area contributed by atoms with Gasteiger partial charge in [-0.25, -0.2) is 4.39 Å². The van der Waals surface area contributed by atoms with E-state index in [9.17, 15) is 14.0 Å². The highest BCUT2D eigenvalue weighted by atomic mass is 19.1. The van der Waals surface area contributed by atoms with Crippen LogP contribution in [0.15, 0.2) is 41.4 Å². The Morgan fingerprint density at radius 2 is 2.22 bits per heavy atom. The van der Waals surface area contributed by atoms with Crippen LogP contribution in [0.4, 0.5) is 4.39 Å². The minimum Gasteiger partial charge on any atom is -0.360 e. The van der Waals surface area contributed by atoms with Gasteiger partial charge in [-0.1, -0.05) is 23.4 Å². The number of amides is 2. The maximum absolute atomic E-state index is 14.2. The second-order valence-electron chi connectivity index (χ2n) is 6.91. The van der Waals surface area contributed by atoms with E-state index >= 15 is 0 Å². The van der Waals surface area contributed by atoms with E-state index in [1.165, 1.54) is 6.07 Å². The Labute approximate surface area is 156 Å². The number of hydrogen-bond acceptors (Lipinski definition) is 4. The predicted molar refractivity (Wildman–Crippen MR) is 95.9 cm³/mol. The van der Waals surface area contributed by atoms with E-state index in [0.717, 1.165) is 5.56 Å². The highest BCUT2D eigenvalue weighted by molar-refractivity contribution is 5.89. The molecule has 1 atom stereocenters. The van der Waals surface area contributed by atoms with Crippen molar-refractivity contribution in [3.05, 3.63) is 54.1 Å². The van der Waals surface area contributed by atoms with Crippen molar-refractivity contribution in [1.82, 2.24) is 15.0 Å². The van der Waals surface area contributed by atoms with Crippen LogP contribution in [0.25, 0.3) is 11.3 Å². The van der Waals surface area contributed by atoms with Crippen LogP contribution < -0.4 is 0 Å². The molecule has 2 aliphatic rings. The molecule has 0 aliphatic carbocycles. The predicted octanol–water partition coefficient (Wildman–Crippen LogP) is 2.40. The van der Waals surface area contributed by atoms with Gasteiger partial charge in [-0.2, -0.15) is 0 Å². The molecule has 0 radical (unpaired) electrons. The molecule has 1 fully saturated rings. The van der Waals surface area contributed by atoms with Gasteiger partial charge in [0.25, 0.3) is 0 Å². The zero-order valence-corrected chi connectivity index (χ0v) is 14.9. The fraction of sp³-hybridized carbons (Fsp3) is 0.350. The Morgan fingerprint density at radius 3 is 3.00 bits per heavy atom. The Morgan fingerprint density at radius 1 is 1.41 bits per heavy atom. The van der Waals surface area contributed by atoms with Crippen molar-refractivity contribution in [2.75, 3.05) is 19.6 Å². The molecule has 2 aromatic rings. The number of halogens is 1. The lowest BCUT2D eigenvalue weighted by atomic mass is 9.99. The van der Waals surface area contributed by atoms with E-state index in [1.54, 1.807) is 34.1 Å². The quantitative estimate of drug-likeness (QED) is 0.777. The summed E-state index contributed by atoms with van der Waals surface area (Å²) in [6, 6.07) is 6.38. The first-order chi connectivity index (χ1) is 13.1. The van der Waals surface area contributed by atoms with Gasteiger partial charge in [-0.3, -0.25) is 9.59 Å². The van der Waals surface area contributed by atoms with Crippen molar-refractivity contribution in [2.24, 2.45) is 5.92 Å². The van der Waals surface area contributed by atoms with Crippen LogP contribution in [0.3, 0.4) is 0 Å².